The lowest BCUT2D eigenvalue weighted by Crippen LogP contribution is -2.40. The fraction of sp³-hybridized carbons (Fsp3) is 0.480. The maximum atomic E-state index is 12.4. The minimum absolute atomic E-state index is 0.0479. The maximum Gasteiger partial charge on any atom is 0.260 e. The zero-order chi connectivity index (χ0) is 21.5. The molecule has 30 heavy (non-hydrogen) atoms. The molecule has 162 valence electrons. The highest BCUT2D eigenvalue weighted by Crippen LogP contribution is 2.39. The van der Waals surface area contributed by atoms with E-state index in [1.54, 1.807) is 6.92 Å². The van der Waals surface area contributed by atoms with E-state index in [1.807, 2.05) is 42.5 Å². The molecule has 0 aromatic heterocycles. The molecular formula is C25H33ClN2O2. The number of carbonyl (C=O) groups excluding carboxylic acids is 1. The Morgan fingerprint density at radius 3 is 2.30 bits per heavy atom. The van der Waals surface area contributed by atoms with Gasteiger partial charge in [0, 0.05) is 17.6 Å². The van der Waals surface area contributed by atoms with Gasteiger partial charge in [-0.1, -0.05) is 41.9 Å². The van der Waals surface area contributed by atoms with E-state index < -0.39 is 6.10 Å². The molecule has 1 amide bonds. The lowest BCUT2D eigenvalue weighted by Gasteiger charge is -2.37. The molecule has 3 rings (SSSR count). The van der Waals surface area contributed by atoms with Gasteiger partial charge in [-0.25, -0.2) is 0 Å². The van der Waals surface area contributed by atoms with Crippen LogP contribution in [-0.2, 0) is 4.79 Å². The second-order valence-electron chi connectivity index (χ2n) is 8.56. The number of para-hydroxylation sites is 1. The van der Waals surface area contributed by atoms with Crippen molar-refractivity contribution in [1.29, 1.82) is 0 Å². The van der Waals surface area contributed by atoms with Gasteiger partial charge in [0.1, 0.15) is 5.75 Å². The van der Waals surface area contributed by atoms with Crippen molar-refractivity contribution in [3.05, 3.63) is 65.2 Å². The maximum absolute atomic E-state index is 12.4. The van der Waals surface area contributed by atoms with Crippen molar-refractivity contribution in [3.8, 4) is 5.75 Å². The van der Waals surface area contributed by atoms with Crippen molar-refractivity contribution < 1.29 is 9.53 Å². The van der Waals surface area contributed by atoms with E-state index in [0.717, 1.165) is 30.2 Å². The summed E-state index contributed by atoms with van der Waals surface area (Å²) in [4.78, 5) is 14.7. The van der Waals surface area contributed by atoms with Gasteiger partial charge in [-0.3, -0.25) is 4.79 Å². The molecule has 1 aliphatic carbocycles. The van der Waals surface area contributed by atoms with E-state index in [4.69, 9.17) is 16.3 Å². The van der Waals surface area contributed by atoms with Crippen LogP contribution in [0.5, 0.6) is 5.75 Å². The second kappa shape index (κ2) is 10.8. The Hall–Kier alpha value is -2.04. The van der Waals surface area contributed by atoms with Crippen LogP contribution in [-0.4, -0.2) is 37.6 Å². The average Bonchev–Trinajstić information content (AvgIpc) is 2.75. The molecular weight excluding hydrogens is 396 g/mol. The van der Waals surface area contributed by atoms with Crippen molar-refractivity contribution in [2.75, 3.05) is 20.6 Å². The SMILES string of the molecule is CC(Oc1ccccc1)C(=O)NCC1CCC(C(c2ccc(Cl)cc2)N(C)C)CC1. The molecule has 0 spiro atoms. The normalized spacial score (nSPS) is 21.1. The number of nitrogens with one attached hydrogen (secondary N) is 1. The van der Waals surface area contributed by atoms with E-state index in [-0.39, 0.29) is 5.91 Å². The van der Waals surface area contributed by atoms with Crippen LogP contribution in [0.3, 0.4) is 0 Å². The van der Waals surface area contributed by atoms with Crippen molar-refractivity contribution in [3.63, 3.8) is 0 Å². The smallest absolute Gasteiger partial charge is 0.260 e. The Labute approximate surface area is 185 Å². The highest BCUT2D eigenvalue weighted by molar-refractivity contribution is 6.30. The number of amides is 1. The van der Waals surface area contributed by atoms with Crippen LogP contribution >= 0.6 is 11.6 Å². The van der Waals surface area contributed by atoms with Gasteiger partial charge in [0.15, 0.2) is 6.10 Å². The van der Waals surface area contributed by atoms with Gasteiger partial charge < -0.3 is 15.0 Å². The summed E-state index contributed by atoms with van der Waals surface area (Å²) in [5, 5.41) is 3.87. The first kappa shape index (κ1) is 22.6. The fourth-order valence-electron chi connectivity index (χ4n) is 4.51. The predicted molar refractivity (Wildman–Crippen MR) is 123 cm³/mol. The Kier molecular flexibility index (Phi) is 8.17. The topological polar surface area (TPSA) is 41.6 Å². The van der Waals surface area contributed by atoms with Crippen LogP contribution in [0.15, 0.2) is 54.6 Å². The van der Waals surface area contributed by atoms with Crippen molar-refractivity contribution in [1.82, 2.24) is 10.2 Å². The summed E-state index contributed by atoms with van der Waals surface area (Å²) in [6.45, 7) is 2.52. The van der Waals surface area contributed by atoms with Crippen LogP contribution in [0.2, 0.25) is 5.02 Å². The molecule has 0 saturated heterocycles. The van der Waals surface area contributed by atoms with Crippen LogP contribution < -0.4 is 10.1 Å². The largest absolute Gasteiger partial charge is 0.481 e. The summed E-state index contributed by atoms with van der Waals surface area (Å²) >= 11 is 6.07. The first-order chi connectivity index (χ1) is 14.4. The monoisotopic (exact) mass is 428 g/mol. The highest BCUT2D eigenvalue weighted by Gasteiger charge is 2.30. The number of nitrogens with zero attached hydrogens (tertiary/aromatic N) is 1. The van der Waals surface area contributed by atoms with Crippen molar-refractivity contribution in [2.24, 2.45) is 11.8 Å². The molecule has 2 aromatic carbocycles. The lowest BCUT2D eigenvalue weighted by molar-refractivity contribution is -0.127. The predicted octanol–water partition coefficient (Wildman–Crippen LogP) is 5.33. The Morgan fingerprint density at radius 2 is 1.70 bits per heavy atom. The zero-order valence-corrected chi connectivity index (χ0v) is 18.9. The van der Waals surface area contributed by atoms with E-state index in [1.165, 1.54) is 18.4 Å². The van der Waals surface area contributed by atoms with Gasteiger partial charge in [0.25, 0.3) is 5.91 Å². The average molecular weight is 429 g/mol. The molecule has 0 bridgehead atoms. The van der Waals surface area contributed by atoms with E-state index >= 15 is 0 Å². The number of carbonyl (C=O) groups is 1. The van der Waals surface area contributed by atoms with Gasteiger partial charge in [0.2, 0.25) is 0 Å². The summed E-state index contributed by atoms with van der Waals surface area (Å²) in [7, 11) is 4.30. The molecule has 0 aliphatic heterocycles. The highest BCUT2D eigenvalue weighted by atomic mass is 35.5. The standard InChI is InChI=1S/C25H33ClN2O2/c1-18(30-23-7-5-4-6-8-23)25(29)27-17-19-9-11-20(12-10-19)24(28(2)3)21-13-15-22(26)16-14-21/h4-8,13-16,18-20,24H,9-12,17H2,1-3H3,(H,27,29). The van der Waals surface area contributed by atoms with Gasteiger partial charge in [0.05, 0.1) is 0 Å². The molecule has 5 heteroatoms. The third kappa shape index (κ3) is 6.23. The van der Waals surface area contributed by atoms with Gasteiger partial charge in [-0.2, -0.15) is 0 Å². The number of ether oxygens (including phenoxy) is 1. The van der Waals surface area contributed by atoms with E-state index in [2.05, 4.69) is 36.4 Å². The summed E-state index contributed by atoms with van der Waals surface area (Å²) in [6.07, 6.45) is 4.12. The Morgan fingerprint density at radius 1 is 1.07 bits per heavy atom. The summed E-state index contributed by atoms with van der Waals surface area (Å²) in [5.41, 5.74) is 1.33. The number of rotatable bonds is 8. The molecule has 1 N–H and O–H groups in total. The van der Waals surface area contributed by atoms with E-state index in [0.29, 0.717) is 17.9 Å². The third-order valence-electron chi connectivity index (χ3n) is 6.10. The molecule has 2 unspecified atom stereocenters. The fourth-order valence-corrected chi connectivity index (χ4v) is 4.63. The van der Waals surface area contributed by atoms with Crippen LogP contribution in [0, 0.1) is 11.8 Å². The summed E-state index contributed by atoms with van der Waals surface area (Å²) < 4.78 is 5.72. The van der Waals surface area contributed by atoms with Crippen molar-refractivity contribution in [2.45, 2.75) is 44.8 Å². The minimum Gasteiger partial charge on any atom is -0.481 e. The molecule has 0 radical (unpaired) electrons. The number of hydrogen-bond acceptors (Lipinski definition) is 3. The van der Waals surface area contributed by atoms with Gasteiger partial charge >= 0.3 is 0 Å². The number of halogens is 1. The first-order valence-electron chi connectivity index (χ1n) is 10.9. The molecule has 1 saturated carbocycles. The molecule has 2 aromatic rings. The molecule has 1 fully saturated rings. The molecule has 0 heterocycles. The van der Waals surface area contributed by atoms with Crippen molar-refractivity contribution >= 4 is 17.5 Å². The van der Waals surface area contributed by atoms with Gasteiger partial charge in [-0.15, -0.1) is 0 Å². The molecule has 1 aliphatic rings. The van der Waals surface area contributed by atoms with Crippen LogP contribution in [0.25, 0.3) is 0 Å². The van der Waals surface area contributed by atoms with Crippen LogP contribution in [0.4, 0.5) is 0 Å². The summed E-state index contributed by atoms with van der Waals surface area (Å²) in [5.74, 6) is 1.82. The van der Waals surface area contributed by atoms with Gasteiger partial charge in [-0.05, 0) is 88.4 Å². The zero-order valence-electron chi connectivity index (χ0n) is 18.2. The molecule has 4 nitrogen and oxygen atoms in total. The molecule has 2 atom stereocenters. The Bertz CT molecular complexity index is 787. The first-order valence-corrected chi connectivity index (χ1v) is 11.2. The number of benzene rings is 2. The Balaban J connectivity index is 1.46. The second-order valence-corrected chi connectivity index (χ2v) is 9.00. The van der Waals surface area contributed by atoms with Crippen LogP contribution in [0.1, 0.15) is 44.2 Å². The number of hydrogen-bond donors (Lipinski definition) is 1. The van der Waals surface area contributed by atoms with E-state index in [9.17, 15) is 4.79 Å². The third-order valence-corrected chi connectivity index (χ3v) is 6.35. The quantitative estimate of drug-likeness (QED) is 0.617. The minimum atomic E-state index is -0.494. The summed E-state index contributed by atoms with van der Waals surface area (Å²) in [6, 6.07) is 18.1. The lowest BCUT2D eigenvalue weighted by atomic mass is 9.76.